The number of rotatable bonds is 13. The number of sulfonamides is 1. The van der Waals surface area contributed by atoms with Gasteiger partial charge in [0.25, 0.3) is 10.0 Å². The van der Waals surface area contributed by atoms with E-state index in [1.165, 1.54) is 29.2 Å². The average molecular weight is 586 g/mol. The normalized spacial score (nSPS) is 11.9. The van der Waals surface area contributed by atoms with E-state index in [4.69, 9.17) is 16.3 Å². The van der Waals surface area contributed by atoms with Crippen molar-refractivity contribution >= 4 is 39.1 Å². The molecule has 0 fully saturated rings. The van der Waals surface area contributed by atoms with Crippen LogP contribution in [0.1, 0.15) is 37.8 Å². The molecule has 0 spiro atoms. The van der Waals surface area contributed by atoms with Gasteiger partial charge in [0.1, 0.15) is 18.3 Å². The molecule has 10 heteroatoms. The van der Waals surface area contributed by atoms with E-state index in [0.29, 0.717) is 28.6 Å². The van der Waals surface area contributed by atoms with E-state index >= 15 is 0 Å². The van der Waals surface area contributed by atoms with Gasteiger partial charge in [0.15, 0.2) is 0 Å². The summed E-state index contributed by atoms with van der Waals surface area (Å²) in [4.78, 5) is 28.5. The Labute approximate surface area is 241 Å². The molecular weight excluding hydrogens is 550 g/mol. The first kappa shape index (κ1) is 31.0. The van der Waals surface area contributed by atoms with Crippen LogP contribution in [0.25, 0.3) is 0 Å². The first-order chi connectivity index (χ1) is 19.1. The number of benzene rings is 3. The molecule has 2 amide bonds. The molecule has 0 aliphatic rings. The highest BCUT2D eigenvalue weighted by Gasteiger charge is 2.33. The van der Waals surface area contributed by atoms with E-state index in [1.807, 2.05) is 13.0 Å². The zero-order valence-corrected chi connectivity index (χ0v) is 24.8. The lowest BCUT2D eigenvalue weighted by Gasteiger charge is -2.32. The summed E-state index contributed by atoms with van der Waals surface area (Å²) < 4.78 is 34.2. The largest absolute Gasteiger partial charge is 0.497 e. The predicted octanol–water partition coefficient (Wildman–Crippen LogP) is 5.19. The Morgan fingerprint density at radius 2 is 1.73 bits per heavy atom. The lowest BCUT2D eigenvalue weighted by atomic mass is 10.1. The highest BCUT2D eigenvalue weighted by molar-refractivity contribution is 7.92. The van der Waals surface area contributed by atoms with Crippen molar-refractivity contribution in [2.24, 2.45) is 0 Å². The number of aryl methyl sites for hydroxylation is 1. The molecule has 0 unspecified atom stereocenters. The van der Waals surface area contributed by atoms with Gasteiger partial charge in [0.05, 0.1) is 17.7 Å². The third-order valence-electron chi connectivity index (χ3n) is 6.55. The Morgan fingerprint density at radius 1 is 1.02 bits per heavy atom. The van der Waals surface area contributed by atoms with E-state index in [1.54, 1.807) is 63.4 Å². The van der Waals surface area contributed by atoms with E-state index in [9.17, 15) is 18.0 Å². The summed E-state index contributed by atoms with van der Waals surface area (Å²) in [5.74, 6) is -0.230. The van der Waals surface area contributed by atoms with Crippen molar-refractivity contribution < 1.29 is 22.7 Å². The maximum Gasteiger partial charge on any atom is 0.264 e. The highest BCUT2D eigenvalue weighted by Crippen LogP contribution is 2.28. The Balaban J connectivity index is 2.02. The van der Waals surface area contributed by atoms with Gasteiger partial charge in [-0.1, -0.05) is 55.3 Å². The van der Waals surface area contributed by atoms with E-state index in [2.05, 4.69) is 5.32 Å². The molecule has 214 valence electrons. The number of hydrogen-bond acceptors (Lipinski definition) is 5. The summed E-state index contributed by atoms with van der Waals surface area (Å²) in [6.45, 7) is 5.51. The van der Waals surface area contributed by atoms with Crippen molar-refractivity contribution in [1.82, 2.24) is 10.2 Å². The van der Waals surface area contributed by atoms with Gasteiger partial charge in [0, 0.05) is 18.1 Å². The molecule has 3 aromatic carbocycles. The zero-order chi connectivity index (χ0) is 29.3. The number of nitrogens with zero attached hydrogens (tertiary/aromatic N) is 2. The maximum absolute atomic E-state index is 14.0. The SMILES string of the molecule is CCCCNC(=O)[C@@H](C)N(Cc1cccc(OC)c1)C(=O)CN(c1ccccc1C)S(=O)(=O)c1ccc(Cl)cc1. The molecule has 40 heavy (non-hydrogen) atoms. The number of anilines is 1. The van der Waals surface area contributed by atoms with Gasteiger partial charge in [-0.25, -0.2) is 8.42 Å². The predicted molar refractivity (Wildman–Crippen MR) is 158 cm³/mol. The highest BCUT2D eigenvalue weighted by atomic mass is 35.5. The van der Waals surface area contributed by atoms with Gasteiger partial charge in [-0.15, -0.1) is 0 Å². The van der Waals surface area contributed by atoms with Gasteiger partial charge in [-0.05, 0) is 73.9 Å². The van der Waals surface area contributed by atoms with E-state index < -0.39 is 28.5 Å². The standard InChI is InChI=1S/C30H36ClN3O5S/c1-5-6-18-32-30(36)23(3)33(20-24-11-9-12-26(19-24)39-4)29(35)21-34(28-13-8-7-10-22(28)2)40(37,38)27-16-14-25(31)15-17-27/h7-17,19,23H,5-6,18,20-21H2,1-4H3,(H,32,36)/t23-/m1/s1. The molecule has 0 saturated carbocycles. The summed E-state index contributed by atoms with van der Waals surface area (Å²) >= 11 is 6.00. The van der Waals surface area contributed by atoms with E-state index in [0.717, 1.165) is 22.7 Å². The van der Waals surface area contributed by atoms with Crippen molar-refractivity contribution in [3.63, 3.8) is 0 Å². The summed E-state index contributed by atoms with van der Waals surface area (Å²) in [7, 11) is -2.61. The number of para-hydroxylation sites is 1. The van der Waals surface area contributed by atoms with Crippen LogP contribution in [0.4, 0.5) is 5.69 Å². The third kappa shape index (κ3) is 7.76. The molecule has 1 N–H and O–H groups in total. The van der Waals surface area contributed by atoms with Crippen LogP contribution in [-0.4, -0.2) is 51.4 Å². The van der Waals surface area contributed by atoms with Gasteiger partial charge in [0.2, 0.25) is 11.8 Å². The first-order valence-corrected chi connectivity index (χ1v) is 14.9. The van der Waals surface area contributed by atoms with Gasteiger partial charge in [-0.2, -0.15) is 0 Å². The van der Waals surface area contributed by atoms with Gasteiger partial charge < -0.3 is 15.0 Å². The Morgan fingerprint density at radius 3 is 2.38 bits per heavy atom. The van der Waals surface area contributed by atoms with Crippen LogP contribution >= 0.6 is 11.6 Å². The summed E-state index contributed by atoms with van der Waals surface area (Å²) in [6.07, 6.45) is 1.72. The number of unbranched alkanes of at least 4 members (excludes halogenated alkanes) is 1. The van der Waals surface area contributed by atoms with Crippen LogP contribution in [0.2, 0.25) is 5.02 Å². The number of carbonyl (C=O) groups is 2. The monoisotopic (exact) mass is 585 g/mol. The fraction of sp³-hybridized carbons (Fsp3) is 0.333. The van der Waals surface area contributed by atoms with Crippen LogP contribution in [0.5, 0.6) is 5.75 Å². The molecule has 0 bridgehead atoms. The fourth-order valence-corrected chi connectivity index (χ4v) is 5.78. The van der Waals surface area contributed by atoms with Crippen LogP contribution < -0.4 is 14.4 Å². The van der Waals surface area contributed by atoms with Crippen molar-refractivity contribution in [2.75, 3.05) is 24.5 Å². The zero-order valence-electron chi connectivity index (χ0n) is 23.3. The summed E-state index contributed by atoms with van der Waals surface area (Å²) in [5, 5.41) is 3.27. The van der Waals surface area contributed by atoms with Crippen molar-refractivity contribution in [1.29, 1.82) is 0 Å². The smallest absolute Gasteiger partial charge is 0.264 e. The average Bonchev–Trinajstić information content (AvgIpc) is 2.95. The summed E-state index contributed by atoms with van der Waals surface area (Å²) in [6, 6.07) is 19.1. The molecule has 3 rings (SSSR count). The molecular formula is C30H36ClN3O5S. The van der Waals surface area contributed by atoms with Crippen LogP contribution in [0.3, 0.4) is 0 Å². The second-order valence-corrected chi connectivity index (χ2v) is 11.7. The Bertz CT molecular complexity index is 1410. The molecule has 8 nitrogen and oxygen atoms in total. The van der Waals surface area contributed by atoms with Crippen molar-refractivity contribution in [2.45, 2.75) is 51.1 Å². The molecule has 1 atom stereocenters. The minimum atomic E-state index is -4.16. The molecule has 0 saturated heterocycles. The molecule has 3 aromatic rings. The minimum absolute atomic E-state index is 0.00217. The second kappa shape index (κ2) is 14.2. The first-order valence-electron chi connectivity index (χ1n) is 13.1. The molecule has 0 aromatic heterocycles. The molecule has 0 heterocycles. The maximum atomic E-state index is 14.0. The number of hydrogen-bond donors (Lipinski definition) is 1. The quantitative estimate of drug-likeness (QED) is 0.279. The van der Waals surface area contributed by atoms with Crippen molar-refractivity contribution in [3.8, 4) is 5.75 Å². The van der Waals surface area contributed by atoms with Crippen LogP contribution in [0, 0.1) is 6.92 Å². The van der Waals surface area contributed by atoms with Gasteiger partial charge in [-0.3, -0.25) is 13.9 Å². The number of nitrogens with one attached hydrogen (secondary N) is 1. The fourth-order valence-electron chi connectivity index (χ4n) is 4.18. The van der Waals surface area contributed by atoms with Crippen LogP contribution in [-0.2, 0) is 26.2 Å². The molecule has 0 aliphatic heterocycles. The Kier molecular flexibility index (Phi) is 11.0. The molecule has 0 radical (unpaired) electrons. The van der Waals surface area contributed by atoms with E-state index in [-0.39, 0.29) is 17.3 Å². The topological polar surface area (TPSA) is 96.0 Å². The molecule has 0 aliphatic carbocycles. The number of amides is 2. The number of carbonyl (C=O) groups excluding carboxylic acids is 2. The van der Waals surface area contributed by atoms with Crippen molar-refractivity contribution in [3.05, 3.63) is 88.9 Å². The second-order valence-electron chi connectivity index (χ2n) is 9.45. The number of ether oxygens (including phenoxy) is 1. The number of methoxy groups -OCH3 is 1. The lowest BCUT2D eigenvalue weighted by molar-refractivity contribution is -0.139. The van der Waals surface area contributed by atoms with Gasteiger partial charge >= 0.3 is 0 Å². The summed E-state index contributed by atoms with van der Waals surface area (Å²) in [5.41, 5.74) is 1.79. The van der Waals surface area contributed by atoms with Crippen LogP contribution in [0.15, 0.2) is 77.7 Å². The minimum Gasteiger partial charge on any atom is -0.497 e. The third-order valence-corrected chi connectivity index (χ3v) is 8.57. The lowest BCUT2D eigenvalue weighted by Crippen LogP contribution is -2.51. The number of halogens is 1. The Hall–Kier alpha value is -3.56.